The maximum Gasteiger partial charge on any atom is 0.323 e. The highest BCUT2D eigenvalue weighted by atomic mass is 35.5. The first-order valence-corrected chi connectivity index (χ1v) is 13.4. The van der Waals surface area contributed by atoms with Crippen molar-refractivity contribution in [3.63, 3.8) is 0 Å². The van der Waals surface area contributed by atoms with Gasteiger partial charge in [0.1, 0.15) is 0 Å². The average molecular weight is 559 g/mol. The van der Waals surface area contributed by atoms with E-state index < -0.39 is 6.04 Å². The number of anilines is 1. The standard InChI is InChI=1S/C31H28Cl2N4O2/c1-19-2-4-20(5-3-19)21-7-11-26(12-8-21)35-31(39)36-27-13-9-23-17-37(18-24(23)14-27)30(38)29(34)15-22-6-10-25(32)16-28(22)33/h2-8,10-14,16-17,29H,9,15,18,34H2,1H3,(H2,35,36,39)/t29-/m1/s1. The Morgan fingerprint density at radius 2 is 1.64 bits per heavy atom. The molecule has 0 saturated heterocycles. The normalized spacial score (nSPS) is 15.1. The molecule has 0 unspecified atom stereocenters. The van der Waals surface area contributed by atoms with E-state index in [9.17, 15) is 9.59 Å². The second-order valence-electron chi connectivity index (χ2n) is 9.72. The summed E-state index contributed by atoms with van der Waals surface area (Å²) in [5.74, 6) is -0.190. The van der Waals surface area contributed by atoms with E-state index in [1.165, 1.54) is 5.56 Å². The van der Waals surface area contributed by atoms with Gasteiger partial charge in [-0.3, -0.25) is 4.79 Å². The van der Waals surface area contributed by atoms with Crippen molar-refractivity contribution in [2.24, 2.45) is 5.73 Å². The van der Waals surface area contributed by atoms with Gasteiger partial charge in [-0.15, -0.1) is 0 Å². The number of urea groups is 1. The zero-order valence-corrected chi connectivity index (χ0v) is 22.9. The van der Waals surface area contributed by atoms with Crippen LogP contribution in [0.4, 0.5) is 10.5 Å². The van der Waals surface area contributed by atoms with Crippen molar-refractivity contribution >= 4 is 40.8 Å². The molecular weight excluding hydrogens is 531 g/mol. The van der Waals surface area contributed by atoms with Crippen LogP contribution in [0.3, 0.4) is 0 Å². The van der Waals surface area contributed by atoms with Crippen molar-refractivity contribution in [2.45, 2.75) is 25.8 Å². The number of halogens is 2. The van der Waals surface area contributed by atoms with Crippen molar-refractivity contribution in [3.05, 3.63) is 123 Å². The first kappa shape index (κ1) is 26.8. The second kappa shape index (κ2) is 11.5. The molecule has 2 aliphatic rings. The smallest absolute Gasteiger partial charge is 0.320 e. The van der Waals surface area contributed by atoms with Crippen LogP contribution >= 0.6 is 23.2 Å². The van der Waals surface area contributed by atoms with Gasteiger partial charge in [-0.2, -0.15) is 0 Å². The van der Waals surface area contributed by atoms with Gasteiger partial charge in [-0.25, -0.2) is 4.79 Å². The molecule has 3 aromatic rings. The molecule has 0 fully saturated rings. The third-order valence-corrected chi connectivity index (χ3v) is 7.36. The molecule has 5 rings (SSSR count). The molecule has 3 aromatic carbocycles. The van der Waals surface area contributed by atoms with E-state index in [4.69, 9.17) is 28.9 Å². The van der Waals surface area contributed by atoms with Gasteiger partial charge in [0.05, 0.1) is 12.6 Å². The molecule has 0 aromatic heterocycles. The Hall–Kier alpha value is -3.84. The number of nitrogens with two attached hydrogens (primary N) is 1. The molecule has 1 atom stereocenters. The highest BCUT2D eigenvalue weighted by Gasteiger charge is 2.28. The first-order valence-electron chi connectivity index (χ1n) is 12.6. The van der Waals surface area contributed by atoms with Gasteiger partial charge in [-0.05, 0) is 77.9 Å². The summed E-state index contributed by atoms with van der Waals surface area (Å²) < 4.78 is 0. The van der Waals surface area contributed by atoms with Gasteiger partial charge >= 0.3 is 6.03 Å². The van der Waals surface area contributed by atoms with E-state index in [1.807, 2.05) is 42.6 Å². The number of rotatable bonds is 6. The summed E-state index contributed by atoms with van der Waals surface area (Å²) in [6.07, 6.45) is 6.57. The van der Waals surface area contributed by atoms with Gasteiger partial charge < -0.3 is 21.3 Å². The summed E-state index contributed by atoms with van der Waals surface area (Å²) in [7, 11) is 0. The summed E-state index contributed by atoms with van der Waals surface area (Å²) in [5, 5.41) is 6.79. The molecule has 1 aliphatic heterocycles. The molecule has 0 saturated carbocycles. The first-order chi connectivity index (χ1) is 18.7. The minimum absolute atomic E-state index is 0.190. The summed E-state index contributed by atoms with van der Waals surface area (Å²) in [5.41, 5.74) is 13.8. The molecule has 0 bridgehead atoms. The Morgan fingerprint density at radius 1 is 0.949 bits per heavy atom. The molecular formula is C31H28Cl2N4O2. The Kier molecular flexibility index (Phi) is 7.89. The lowest BCUT2D eigenvalue weighted by atomic mass is 9.99. The van der Waals surface area contributed by atoms with Crippen molar-refractivity contribution in [1.82, 2.24) is 10.2 Å². The molecule has 6 nitrogen and oxygen atoms in total. The van der Waals surface area contributed by atoms with E-state index in [1.54, 1.807) is 23.1 Å². The summed E-state index contributed by atoms with van der Waals surface area (Å²) in [4.78, 5) is 27.3. The number of nitrogens with one attached hydrogen (secondary N) is 2. The Labute approximate surface area is 237 Å². The molecule has 3 amide bonds. The lowest BCUT2D eigenvalue weighted by Gasteiger charge is -2.19. The number of carbonyl (C=O) groups excluding carboxylic acids is 2. The zero-order chi connectivity index (χ0) is 27.5. The van der Waals surface area contributed by atoms with Crippen LogP contribution in [0, 0.1) is 6.92 Å². The number of nitrogens with zero attached hydrogens (tertiary/aromatic N) is 1. The average Bonchev–Trinajstić information content (AvgIpc) is 3.34. The van der Waals surface area contributed by atoms with Gasteiger partial charge in [0.25, 0.3) is 0 Å². The van der Waals surface area contributed by atoms with Gasteiger partial charge in [0.2, 0.25) is 5.91 Å². The van der Waals surface area contributed by atoms with Crippen molar-refractivity contribution in [2.75, 3.05) is 11.9 Å². The predicted molar refractivity (Wildman–Crippen MR) is 157 cm³/mol. The largest absolute Gasteiger partial charge is 0.323 e. The minimum Gasteiger partial charge on any atom is -0.320 e. The Morgan fingerprint density at radius 3 is 2.33 bits per heavy atom. The number of hydrogen-bond acceptors (Lipinski definition) is 3. The van der Waals surface area contributed by atoms with Crippen LogP contribution in [0.5, 0.6) is 0 Å². The van der Waals surface area contributed by atoms with Crippen LogP contribution in [-0.2, 0) is 11.2 Å². The number of carbonyl (C=O) groups is 2. The molecule has 0 radical (unpaired) electrons. The van der Waals surface area contributed by atoms with Crippen LogP contribution < -0.4 is 16.4 Å². The summed E-state index contributed by atoms with van der Waals surface area (Å²) >= 11 is 12.2. The quantitative estimate of drug-likeness (QED) is 0.318. The maximum absolute atomic E-state index is 13.0. The van der Waals surface area contributed by atoms with Crippen LogP contribution in [0.1, 0.15) is 17.5 Å². The number of allylic oxidation sites excluding steroid dienone is 2. The maximum atomic E-state index is 13.0. The fourth-order valence-corrected chi connectivity index (χ4v) is 5.11. The topological polar surface area (TPSA) is 87.5 Å². The minimum atomic E-state index is -0.741. The molecule has 39 heavy (non-hydrogen) atoms. The number of hydrogen-bond donors (Lipinski definition) is 3. The fraction of sp³-hybridized carbons (Fsp3) is 0.161. The predicted octanol–water partition coefficient (Wildman–Crippen LogP) is 6.60. The molecule has 1 heterocycles. The lowest BCUT2D eigenvalue weighted by Crippen LogP contribution is -2.42. The molecule has 198 valence electrons. The van der Waals surface area contributed by atoms with Crippen molar-refractivity contribution in [1.29, 1.82) is 0 Å². The van der Waals surface area contributed by atoms with Gasteiger partial charge in [0, 0.05) is 27.6 Å². The van der Waals surface area contributed by atoms with E-state index >= 15 is 0 Å². The van der Waals surface area contributed by atoms with Crippen LogP contribution in [-0.4, -0.2) is 29.4 Å². The summed E-state index contributed by atoms with van der Waals surface area (Å²) in [6, 6.07) is 20.1. The molecule has 4 N–H and O–H groups in total. The number of benzene rings is 3. The third kappa shape index (κ3) is 6.42. The SMILES string of the molecule is Cc1ccc(-c2ccc(NC(=O)NC3=CCC4=CN(C(=O)[C@H](N)Cc5ccc(Cl)cc5Cl)CC4=C3)cc2)cc1. The van der Waals surface area contributed by atoms with E-state index in [-0.39, 0.29) is 11.9 Å². The Bertz CT molecular complexity index is 1510. The molecule has 0 spiro atoms. The summed E-state index contributed by atoms with van der Waals surface area (Å²) in [6.45, 7) is 2.46. The number of amides is 3. The highest BCUT2D eigenvalue weighted by Crippen LogP contribution is 2.30. The van der Waals surface area contributed by atoms with Crippen molar-refractivity contribution in [3.8, 4) is 11.1 Å². The van der Waals surface area contributed by atoms with Gasteiger partial charge in [0.15, 0.2) is 0 Å². The lowest BCUT2D eigenvalue weighted by molar-refractivity contribution is -0.129. The van der Waals surface area contributed by atoms with E-state index in [0.29, 0.717) is 40.8 Å². The molecule has 8 heteroatoms. The van der Waals surface area contributed by atoms with Gasteiger partial charge in [-0.1, -0.05) is 77.3 Å². The molecule has 1 aliphatic carbocycles. The van der Waals surface area contributed by atoms with Crippen LogP contribution in [0.15, 0.2) is 102 Å². The van der Waals surface area contributed by atoms with Crippen LogP contribution in [0.25, 0.3) is 11.1 Å². The second-order valence-corrected chi connectivity index (χ2v) is 10.6. The zero-order valence-electron chi connectivity index (χ0n) is 21.4. The number of fused-ring (bicyclic) bond motifs is 1. The third-order valence-electron chi connectivity index (χ3n) is 6.78. The van der Waals surface area contributed by atoms with E-state index in [2.05, 4.69) is 41.8 Å². The fourth-order valence-electron chi connectivity index (χ4n) is 4.63. The number of aryl methyl sites for hydroxylation is 1. The van der Waals surface area contributed by atoms with Crippen molar-refractivity contribution < 1.29 is 9.59 Å². The van der Waals surface area contributed by atoms with Crippen LogP contribution in [0.2, 0.25) is 10.0 Å². The highest BCUT2D eigenvalue weighted by molar-refractivity contribution is 6.35. The van der Waals surface area contributed by atoms with E-state index in [0.717, 1.165) is 27.8 Å². The monoisotopic (exact) mass is 558 g/mol. The Balaban J connectivity index is 1.15.